The van der Waals surface area contributed by atoms with Crippen LogP contribution in [0.3, 0.4) is 0 Å². The molecule has 0 saturated heterocycles. The van der Waals surface area contributed by atoms with E-state index in [1.807, 2.05) is 37.3 Å². The van der Waals surface area contributed by atoms with Gasteiger partial charge in [-0.15, -0.1) is 0 Å². The molecule has 150 valence electrons. The topological polar surface area (TPSA) is 90.3 Å². The molecule has 0 spiro atoms. The monoisotopic (exact) mass is 393 g/mol. The highest BCUT2D eigenvalue weighted by Gasteiger charge is 2.20. The second kappa shape index (κ2) is 8.68. The van der Waals surface area contributed by atoms with Gasteiger partial charge in [-0.1, -0.05) is 48.5 Å². The van der Waals surface area contributed by atoms with Crippen molar-refractivity contribution in [1.29, 1.82) is 0 Å². The Kier molecular flexibility index (Phi) is 6.07. The molecule has 0 aliphatic carbocycles. The summed E-state index contributed by atoms with van der Waals surface area (Å²) >= 11 is 0. The molecule has 0 aliphatic rings. The highest BCUT2D eigenvalue weighted by molar-refractivity contribution is 6.02. The van der Waals surface area contributed by atoms with E-state index in [1.54, 1.807) is 38.1 Å². The van der Waals surface area contributed by atoms with Crippen molar-refractivity contribution >= 4 is 22.6 Å². The fraction of sp³-hybridized carbons (Fsp3) is 0.273. The average Bonchev–Trinajstić information content (AvgIpc) is 2.73. The number of esters is 1. The Morgan fingerprint density at radius 3 is 2.28 bits per heavy atom. The normalized spacial score (nSPS) is 12.0. The molecule has 0 bridgehead atoms. The molecule has 0 fully saturated rings. The average molecular weight is 393 g/mol. The summed E-state index contributed by atoms with van der Waals surface area (Å²) in [6, 6.07) is 15.8. The molecule has 1 amide bonds. The van der Waals surface area contributed by atoms with Gasteiger partial charge in [-0.25, -0.2) is 9.48 Å². The Labute approximate surface area is 168 Å². The summed E-state index contributed by atoms with van der Waals surface area (Å²) in [4.78, 5) is 37.4. The van der Waals surface area contributed by atoms with Gasteiger partial charge in [0.25, 0.3) is 11.5 Å². The second-order valence-corrected chi connectivity index (χ2v) is 7.01. The van der Waals surface area contributed by atoms with Gasteiger partial charge in [0.2, 0.25) is 0 Å². The zero-order valence-electron chi connectivity index (χ0n) is 16.6. The Bertz CT molecular complexity index is 1090. The third-order valence-electron chi connectivity index (χ3n) is 4.52. The lowest BCUT2D eigenvalue weighted by atomic mass is 10.1. The van der Waals surface area contributed by atoms with Crippen LogP contribution in [0.25, 0.3) is 10.8 Å². The van der Waals surface area contributed by atoms with Crippen molar-refractivity contribution in [1.82, 2.24) is 15.1 Å². The van der Waals surface area contributed by atoms with Crippen LogP contribution in [-0.2, 0) is 9.53 Å². The van der Waals surface area contributed by atoms with Gasteiger partial charge >= 0.3 is 5.97 Å². The van der Waals surface area contributed by atoms with Crippen LogP contribution in [-0.4, -0.2) is 28.3 Å². The summed E-state index contributed by atoms with van der Waals surface area (Å²) in [7, 11) is 0. The molecule has 3 aromatic rings. The molecule has 0 radical (unpaired) electrons. The van der Waals surface area contributed by atoms with Gasteiger partial charge in [0.05, 0.1) is 17.5 Å². The van der Waals surface area contributed by atoms with E-state index in [0.717, 1.165) is 5.56 Å². The van der Waals surface area contributed by atoms with E-state index in [9.17, 15) is 14.4 Å². The molecule has 29 heavy (non-hydrogen) atoms. The first-order valence-corrected chi connectivity index (χ1v) is 9.41. The van der Waals surface area contributed by atoms with Gasteiger partial charge in [0.1, 0.15) is 0 Å². The summed E-state index contributed by atoms with van der Waals surface area (Å²) in [5.74, 6) is -1.17. The summed E-state index contributed by atoms with van der Waals surface area (Å²) in [5, 5.41) is 7.75. The van der Waals surface area contributed by atoms with Crippen molar-refractivity contribution in [2.45, 2.75) is 32.9 Å². The highest BCUT2D eigenvalue weighted by Crippen LogP contribution is 2.16. The molecule has 0 saturated carbocycles. The van der Waals surface area contributed by atoms with Crippen LogP contribution in [0, 0.1) is 0 Å². The Morgan fingerprint density at radius 1 is 1.00 bits per heavy atom. The van der Waals surface area contributed by atoms with Gasteiger partial charge < -0.3 is 10.1 Å². The number of fused-ring (bicyclic) bond motifs is 1. The van der Waals surface area contributed by atoms with E-state index in [4.69, 9.17) is 4.74 Å². The number of amides is 1. The number of benzene rings is 2. The van der Waals surface area contributed by atoms with E-state index in [2.05, 4.69) is 10.4 Å². The zero-order valence-corrected chi connectivity index (χ0v) is 16.6. The molecular weight excluding hydrogens is 370 g/mol. The standard InChI is InChI=1S/C22H23N3O4/c1-14(2)25-21(27)18-12-8-7-11-17(18)20(24-25)22(28)29-13-19(26)23-15(3)16-9-5-4-6-10-16/h4-12,14-15H,13H2,1-3H3,(H,23,26). The van der Waals surface area contributed by atoms with Gasteiger partial charge in [-0.2, -0.15) is 5.10 Å². The van der Waals surface area contributed by atoms with Crippen LogP contribution in [0.2, 0.25) is 0 Å². The van der Waals surface area contributed by atoms with Crippen molar-refractivity contribution in [2.24, 2.45) is 0 Å². The number of hydrogen-bond acceptors (Lipinski definition) is 5. The lowest BCUT2D eigenvalue weighted by Gasteiger charge is -2.15. The molecule has 0 aliphatic heterocycles. The van der Waals surface area contributed by atoms with Crippen molar-refractivity contribution in [2.75, 3.05) is 6.61 Å². The Hall–Kier alpha value is -3.48. The molecule has 2 aromatic carbocycles. The fourth-order valence-corrected chi connectivity index (χ4v) is 3.01. The maximum atomic E-state index is 12.6. The molecule has 1 atom stereocenters. The smallest absolute Gasteiger partial charge is 0.359 e. The summed E-state index contributed by atoms with van der Waals surface area (Å²) in [6.45, 7) is 5.02. The SMILES string of the molecule is CC(NC(=O)COC(=O)c1nn(C(C)C)c(=O)c2ccccc12)c1ccccc1. The van der Waals surface area contributed by atoms with Crippen LogP contribution in [0.1, 0.15) is 48.9 Å². The zero-order chi connectivity index (χ0) is 21.0. The summed E-state index contributed by atoms with van der Waals surface area (Å²) in [5.41, 5.74) is 0.684. The number of carbonyl (C=O) groups is 2. The number of nitrogens with one attached hydrogen (secondary N) is 1. The second-order valence-electron chi connectivity index (χ2n) is 7.01. The van der Waals surface area contributed by atoms with Crippen LogP contribution in [0.15, 0.2) is 59.4 Å². The van der Waals surface area contributed by atoms with Crippen LogP contribution in [0.4, 0.5) is 0 Å². The van der Waals surface area contributed by atoms with Crippen molar-refractivity contribution in [3.63, 3.8) is 0 Å². The van der Waals surface area contributed by atoms with Crippen molar-refractivity contribution in [3.8, 4) is 0 Å². The van der Waals surface area contributed by atoms with Gasteiger partial charge in [-0.05, 0) is 32.4 Å². The minimum Gasteiger partial charge on any atom is -0.451 e. The van der Waals surface area contributed by atoms with E-state index < -0.39 is 18.5 Å². The Morgan fingerprint density at radius 2 is 1.62 bits per heavy atom. The van der Waals surface area contributed by atoms with E-state index in [0.29, 0.717) is 10.8 Å². The number of nitrogens with zero attached hydrogens (tertiary/aromatic N) is 2. The number of rotatable bonds is 6. The van der Waals surface area contributed by atoms with Crippen LogP contribution < -0.4 is 10.9 Å². The Balaban J connectivity index is 1.75. The maximum absolute atomic E-state index is 12.6. The first-order chi connectivity index (χ1) is 13.9. The lowest BCUT2D eigenvalue weighted by Crippen LogP contribution is -2.32. The molecule has 7 heteroatoms. The minimum absolute atomic E-state index is 0.0119. The molecular formula is C22H23N3O4. The molecule has 1 aromatic heterocycles. The molecule has 1 unspecified atom stereocenters. The van der Waals surface area contributed by atoms with E-state index >= 15 is 0 Å². The summed E-state index contributed by atoms with van der Waals surface area (Å²) < 4.78 is 6.43. The van der Waals surface area contributed by atoms with E-state index in [-0.39, 0.29) is 23.3 Å². The molecule has 1 heterocycles. The predicted molar refractivity (Wildman–Crippen MR) is 110 cm³/mol. The summed E-state index contributed by atoms with van der Waals surface area (Å²) in [6.07, 6.45) is 0. The number of aromatic nitrogens is 2. The number of ether oxygens (including phenoxy) is 1. The van der Waals surface area contributed by atoms with Crippen molar-refractivity contribution in [3.05, 3.63) is 76.2 Å². The molecule has 7 nitrogen and oxygen atoms in total. The third-order valence-corrected chi connectivity index (χ3v) is 4.52. The largest absolute Gasteiger partial charge is 0.451 e. The number of hydrogen-bond donors (Lipinski definition) is 1. The quantitative estimate of drug-likeness (QED) is 0.650. The van der Waals surface area contributed by atoms with Crippen molar-refractivity contribution < 1.29 is 14.3 Å². The maximum Gasteiger partial charge on any atom is 0.359 e. The third kappa shape index (κ3) is 4.51. The molecule has 3 rings (SSSR count). The predicted octanol–water partition coefficient (Wildman–Crippen LogP) is 3.01. The van der Waals surface area contributed by atoms with Crippen LogP contribution >= 0.6 is 0 Å². The highest BCUT2D eigenvalue weighted by atomic mass is 16.5. The van der Waals surface area contributed by atoms with E-state index in [1.165, 1.54) is 4.68 Å². The first-order valence-electron chi connectivity index (χ1n) is 9.41. The fourth-order valence-electron chi connectivity index (χ4n) is 3.01. The number of carbonyl (C=O) groups excluding carboxylic acids is 2. The van der Waals surface area contributed by atoms with Gasteiger partial charge in [0.15, 0.2) is 12.3 Å². The van der Waals surface area contributed by atoms with Crippen LogP contribution in [0.5, 0.6) is 0 Å². The minimum atomic E-state index is -0.752. The lowest BCUT2D eigenvalue weighted by molar-refractivity contribution is -0.124. The van der Waals surface area contributed by atoms with Gasteiger partial charge in [-0.3, -0.25) is 9.59 Å². The molecule has 1 N–H and O–H groups in total. The van der Waals surface area contributed by atoms with Gasteiger partial charge in [0, 0.05) is 5.39 Å². The first kappa shape index (κ1) is 20.3.